The standard InChI is InChI=1S/C13H18N4O3/c1-9(8-19-3)14-13(18)17(2)7-10-4-5-11-12(6-10)16-20-15-11/h4-6,9H,7-8H2,1-3H3,(H,14,18). The van der Waals surface area contributed by atoms with Crippen LogP contribution in [-0.2, 0) is 11.3 Å². The lowest BCUT2D eigenvalue weighted by Crippen LogP contribution is -2.43. The Labute approximate surface area is 116 Å². The molecule has 2 aromatic rings. The molecule has 0 aliphatic carbocycles. The summed E-state index contributed by atoms with van der Waals surface area (Å²) in [6.07, 6.45) is 0. The van der Waals surface area contributed by atoms with Crippen LogP contribution in [0.1, 0.15) is 12.5 Å². The van der Waals surface area contributed by atoms with Crippen molar-refractivity contribution in [1.82, 2.24) is 20.5 Å². The van der Waals surface area contributed by atoms with Gasteiger partial charge in [0.2, 0.25) is 0 Å². The average Bonchev–Trinajstić information content (AvgIpc) is 2.86. The van der Waals surface area contributed by atoms with Gasteiger partial charge in [-0.25, -0.2) is 9.42 Å². The molecule has 0 spiro atoms. The zero-order valence-corrected chi connectivity index (χ0v) is 11.8. The van der Waals surface area contributed by atoms with Crippen LogP contribution >= 0.6 is 0 Å². The van der Waals surface area contributed by atoms with Crippen molar-refractivity contribution in [3.63, 3.8) is 0 Å². The number of urea groups is 1. The molecule has 2 rings (SSSR count). The van der Waals surface area contributed by atoms with Gasteiger partial charge in [0.1, 0.15) is 11.0 Å². The summed E-state index contributed by atoms with van der Waals surface area (Å²) in [6.45, 7) is 2.85. The molecule has 7 nitrogen and oxygen atoms in total. The summed E-state index contributed by atoms with van der Waals surface area (Å²) < 4.78 is 9.63. The molecule has 0 fully saturated rings. The largest absolute Gasteiger partial charge is 0.383 e. The maximum absolute atomic E-state index is 12.0. The molecule has 1 aromatic heterocycles. The first-order valence-corrected chi connectivity index (χ1v) is 6.32. The highest BCUT2D eigenvalue weighted by Gasteiger charge is 2.12. The SMILES string of the molecule is COCC(C)NC(=O)N(C)Cc1ccc2nonc2c1. The molecule has 2 amide bonds. The second kappa shape index (κ2) is 6.33. The van der Waals surface area contributed by atoms with Crippen LogP contribution in [0.4, 0.5) is 4.79 Å². The monoisotopic (exact) mass is 278 g/mol. The fourth-order valence-electron chi connectivity index (χ4n) is 1.88. The highest BCUT2D eigenvalue weighted by atomic mass is 16.6. The van der Waals surface area contributed by atoms with Crippen molar-refractivity contribution >= 4 is 17.1 Å². The van der Waals surface area contributed by atoms with Gasteiger partial charge in [0.25, 0.3) is 0 Å². The van der Waals surface area contributed by atoms with E-state index in [0.29, 0.717) is 24.2 Å². The molecule has 0 aliphatic heterocycles. The van der Waals surface area contributed by atoms with E-state index in [1.165, 1.54) is 0 Å². The number of aromatic nitrogens is 2. The molecule has 1 aromatic carbocycles. The third-order valence-corrected chi connectivity index (χ3v) is 2.87. The van der Waals surface area contributed by atoms with Gasteiger partial charge in [-0.1, -0.05) is 6.07 Å². The van der Waals surface area contributed by atoms with Crippen LogP contribution < -0.4 is 5.32 Å². The molecule has 1 N–H and O–H groups in total. The van der Waals surface area contributed by atoms with E-state index < -0.39 is 0 Å². The first-order chi connectivity index (χ1) is 9.60. The Balaban J connectivity index is 1.95. The number of hydrogen-bond donors (Lipinski definition) is 1. The van der Waals surface area contributed by atoms with Gasteiger partial charge in [0, 0.05) is 20.7 Å². The van der Waals surface area contributed by atoms with E-state index in [-0.39, 0.29) is 12.1 Å². The van der Waals surface area contributed by atoms with Gasteiger partial charge < -0.3 is 15.0 Å². The summed E-state index contributed by atoms with van der Waals surface area (Å²) >= 11 is 0. The number of carbonyl (C=O) groups excluding carboxylic acids is 1. The van der Waals surface area contributed by atoms with Crippen LogP contribution in [0.15, 0.2) is 22.8 Å². The molecule has 7 heteroatoms. The number of rotatable bonds is 5. The predicted molar refractivity (Wildman–Crippen MR) is 73.1 cm³/mol. The Kier molecular flexibility index (Phi) is 4.52. The number of nitrogens with one attached hydrogen (secondary N) is 1. The molecular formula is C13H18N4O3. The maximum atomic E-state index is 12.0. The van der Waals surface area contributed by atoms with E-state index in [2.05, 4.69) is 20.3 Å². The highest BCUT2D eigenvalue weighted by Crippen LogP contribution is 2.13. The molecule has 0 bridgehead atoms. The normalized spacial score (nSPS) is 12.3. The van der Waals surface area contributed by atoms with Crippen molar-refractivity contribution in [2.24, 2.45) is 0 Å². The van der Waals surface area contributed by atoms with Crippen LogP contribution in [0.5, 0.6) is 0 Å². The molecule has 20 heavy (non-hydrogen) atoms. The maximum Gasteiger partial charge on any atom is 0.317 e. The number of methoxy groups -OCH3 is 1. The van der Waals surface area contributed by atoms with Gasteiger partial charge >= 0.3 is 6.03 Å². The number of fused-ring (bicyclic) bond motifs is 1. The average molecular weight is 278 g/mol. The van der Waals surface area contributed by atoms with Crippen molar-refractivity contribution in [3.8, 4) is 0 Å². The lowest BCUT2D eigenvalue weighted by Gasteiger charge is -2.21. The van der Waals surface area contributed by atoms with Gasteiger partial charge in [-0.2, -0.15) is 0 Å². The zero-order valence-electron chi connectivity index (χ0n) is 11.8. The van der Waals surface area contributed by atoms with E-state index >= 15 is 0 Å². The minimum atomic E-state index is -0.145. The summed E-state index contributed by atoms with van der Waals surface area (Å²) in [5.41, 5.74) is 2.35. The number of amides is 2. The predicted octanol–water partition coefficient (Wildman–Crippen LogP) is 1.40. The van der Waals surface area contributed by atoms with Gasteiger partial charge in [-0.3, -0.25) is 0 Å². The summed E-state index contributed by atoms with van der Waals surface area (Å²) in [7, 11) is 3.34. The van der Waals surface area contributed by atoms with E-state index in [4.69, 9.17) is 4.74 Å². The van der Waals surface area contributed by atoms with Gasteiger partial charge in [0.05, 0.1) is 12.6 Å². The van der Waals surface area contributed by atoms with Crippen molar-refractivity contribution < 1.29 is 14.2 Å². The fraction of sp³-hybridized carbons (Fsp3) is 0.462. The second-order valence-corrected chi connectivity index (χ2v) is 4.75. The summed E-state index contributed by atoms with van der Waals surface area (Å²) in [5.74, 6) is 0. The van der Waals surface area contributed by atoms with Crippen LogP contribution in [0, 0.1) is 0 Å². The lowest BCUT2D eigenvalue weighted by molar-refractivity contribution is 0.162. The Morgan fingerprint density at radius 1 is 1.45 bits per heavy atom. The fourth-order valence-corrected chi connectivity index (χ4v) is 1.88. The third-order valence-electron chi connectivity index (χ3n) is 2.87. The Hall–Kier alpha value is -2.15. The minimum absolute atomic E-state index is 0.0304. The van der Waals surface area contributed by atoms with Crippen LogP contribution in [-0.4, -0.2) is 48.1 Å². The van der Waals surface area contributed by atoms with Crippen molar-refractivity contribution in [2.75, 3.05) is 20.8 Å². The lowest BCUT2D eigenvalue weighted by atomic mass is 10.2. The molecule has 108 valence electrons. The quantitative estimate of drug-likeness (QED) is 0.894. The smallest absolute Gasteiger partial charge is 0.317 e. The minimum Gasteiger partial charge on any atom is -0.383 e. The highest BCUT2D eigenvalue weighted by molar-refractivity contribution is 5.75. The molecule has 0 aliphatic rings. The van der Waals surface area contributed by atoms with E-state index in [1.54, 1.807) is 19.1 Å². The molecular weight excluding hydrogens is 260 g/mol. The number of nitrogens with zero attached hydrogens (tertiary/aromatic N) is 3. The third kappa shape index (κ3) is 3.45. The van der Waals surface area contributed by atoms with Crippen molar-refractivity contribution in [1.29, 1.82) is 0 Å². The summed E-state index contributed by atoms with van der Waals surface area (Å²) in [4.78, 5) is 13.6. The number of hydrogen-bond acceptors (Lipinski definition) is 5. The Morgan fingerprint density at radius 3 is 2.95 bits per heavy atom. The van der Waals surface area contributed by atoms with Gasteiger partial charge in [-0.05, 0) is 34.9 Å². The van der Waals surface area contributed by atoms with Crippen LogP contribution in [0.2, 0.25) is 0 Å². The topological polar surface area (TPSA) is 80.5 Å². The first kappa shape index (κ1) is 14.3. The van der Waals surface area contributed by atoms with Gasteiger partial charge in [-0.15, -0.1) is 0 Å². The van der Waals surface area contributed by atoms with E-state index in [1.807, 2.05) is 25.1 Å². The number of benzene rings is 1. The first-order valence-electron chi connectivity index (χ1n) is 6.32. The van der Waals surface area contributed by atoms with E-state index in [9.17, 15) is 4.79 Å². The summed E-state index contributed by atoms with van der Waals surface area (Å²) in [5, 5.41) is 10.4. The number of ether oxygens (including phenoxy) is 1. The second-order valence-electron chi connectivity index (χ2n) is 4.75. The number of carbonyl (C=O) groups is 1. The van der Waals surface area contributed by atoms with Crippen molar-refractivity contribution in [3.05, 3.63) is 23.8 Å². The molecule has 1 heterocycles. The Morgan fingerprint density at radius 2 is 2.20 bits per heavy atom. The molecule has 1 unspecified atom stereocenters. The zero-order chi connectivity index (χ0) is 14.5. The van der Waals surface area contributed by atoms with Crippen LogP contribution in [0.3, 0.4) is 0 Å². The molecule has 0 radical (unpaired) electrons. The van der Waals surface area contributed by atoms with Gasteiger partial charge in [0.15, 0.2) is 0 Å². The summed E-state index contributed by atoms with van der Waals surface area (Å²) in [6, 6.07) is 5.40. The molecule has 0 saturated carbocycles. The van der Waals surface area contributed by atoms with E-state index in [0.717, 1.165) is 5.56 Å². The van der Waals surface area contributed by atoms with Crippen molar-refractivity contribution in [2.45, 2.75) is 19.5 Å². The van der Waals surface area contributed by atoms with Crippen LogP contribution in [0.25, 0.3) is 11.0 Å². The molecule has 0 saturated heterocycles. The Bertz CT molecular complexity index is 584. The molecule has 1 atom stereocenters.